The number of aliphatic carboxylic acids is 1. The van der Waals surface area contributed by atoms with Gasteiger partial charge in [-0.15, -0.1) is 0 Å². The average Bonchev–Trinajstić information content (AvgIpc) is 3.21. The van der Waals surface area contributed by atoms with E-state index in [0.717, 1.165) is 19.3 Å². The number of carboxylic acid groups (broad SMARTS) is 1. The van der Waals surface area contributed by atoms with Crippen molar-refractivity contribution in [1.82, 2.24) is 14.7 Å². The molecule has 0 radical (unpaired) electrons. The highest BCUT2D eigenvalue weighted by Crippen LogP contribution is 2.28. The molecule has 7 heteroatoms. The first-order chi connectivity index (χ1) is 9.49. The lowest BCUT2D eigenvalue weighted by Gasteiger charge is -2.29. The summed E-state index contributed by atoms with van der Waals surface area (Å²) in [4.78, 5) is 39.8. The standard InChI is InChI=1S/C13H21N3O4/c1-14-6-2-7-15(9-11(14)17)13(20)16(10-3-4-10)8-5-12(18)19/h10H,2-9H2,1H3,(H,18,19). The highest BCUT2D eigenvalue weighted by molar-refractivity contribution is 5.84. The van der Waals surface area contributed by atoms with Gasteiger partial charge in [0.05, 0.1) is 6.42 Å². The van der Waals surface area contributed by atoms with Gasteiger partial charge in [0.2, 0.25) is 5.91 Å². The molecule has 1 heterocycles. The Labute approximate surface area is 118 Å². The summed E-state index contributed by atoms with van der Waals surface area (Å²) in [7, 11) is 1.74. The van der Waals surface area contributed by atoms with Crippen LogP contribution in [0.3, 0.4) is 0 Å². The molecule has 7 nitrogen and oxygen atoms in total. The number of nitrogens with zero attached hydrogens (tertiary/aromatic N) is 3. The van der Waals surface area contributed by atoms with Crippen molar-refractivity contribution in [3.63, 3.8) is 0 Å². The molecule has 0 unspecified atom stereocenters. The van der Waals surface area contributed by atoms with E-state index in [1.807, 2.05) is 0 Å². The molecule has 2 aliphatic rings. The Balaban J connectivity index is 1.99. The molecule has 0 spiro atoms. The summed E-state index contributed by atoms with van der Waals surface area (Å²) in [5, 5.41) is 8.77. The molecule has 2 fully saturated rings. The molecule has 1 saturated heterocycles. The van der Waals surface area contributed by atoms with Gasteiger partial charge in [0.1, 0.15) is 6.54 Å². The third kappa shape index (κ3) is 3.61. The number of hydrogen-bond donors (Lipinski definition) is 1. The summed E-state index contributed by atoms with van der Waals surface area (Å²) < 4.78 is 0. The van der Waals surface area contributed by atoms with Gasteiger partial charge in [-0.25, -0.2) is 4.79 Å². The van der Waals surface area contributed by atoms with Crippen LogP contribution >= 0.6 is 0 Å². The Morgan fingerprint density at radius 1 is 1.35 bits per heavy atom. The molecule has 0 bridgehead atoms. The predicted octanol–water partition coefficient (Wildman–Crippen LogP) is 0.210. The van der Waals surface area contributed by atoms with E-state index in [9.17, 15) is 14.4 Å². The largest absolute Gasteiger partial charge is 0.481 e. The number of carbonyl (C=O) groups is 3. The smallest absolute Gasteiger partial charge is 0.320 e. The van der Waals surface area contributed by atoms with Crippen molar-refractivity contribution < 1.29 is 19.5 Å². The van der Waals surface area contributed by atoms with E-state index in [-0.39, 0.29) is 37.5 Å². The normalized spacial score (nSPS) is 19.8. The molecule has 0 aromatic carbocycles. The lowest BCUT2D eigenvalue weighted by Crippen LogP contribution is -2.47. The van der Waals surface area contributed by atoms with Crippen molar-refractivity contribution in [2.24, 2.45) is 0 Å². The van der Waals surface area contributed by atoms with Crippen LogP contribution in [0.25, 0.3) is 0 Å². The molecular formula is C13H21N3O4. The highest BCUT2D eigenvalue weighted by Gasteiger charge is 2.36. The van der Waals surface area contributed by atoms with Gasteiger partial charge in [0.25, 0.3) is 0 Å². The minimum absolute atomic E-state index is 0.0517. The maximum atomic E-state index is 12.5. The fourth-order valence-electron chi connectivity index (χ4n) is 2.37. The van der Waals surface area contributed by atoms with Crippen molar-refractivity contribution in [2.75, 3.05) is 33.2 Å². The van der Waals surface area contributed by atoms with Crippen molar-refractivity contribution in [2.45, 2.75) is 31.7 Å². The molecule has 112 valence electrons. The fraction of sp³-hybridized carbons (Fsp3) is 0.769. The summed E-state index contributed by atoms with van der Waals surface area (Å²) >= 11 is 0. The second-order valence-corrected chi connectivity index (χ2v) is 5.44. The van der Waals surface area contributed by atoms with E-state index in [1.165, 1.54) is 0 Å². The zero-order chi connectivity index (χ0) is 14.7. The molecule has 0 atom stereocenters. The van der Waals surface area contributed by atoms with E-state index in [0.29, 0.717) is 13.1 Å². The van der Waals surface area contributed by atoms with Crippen LogP contribution in [0.4, 0.5) is 4.79 Å². The Morgan fingerprint density at radius 3 is 2.65 bits per heavy atom. The topological polar surface area (TPSA) is 81.2 Å². The molecular weight excluding hydrogens is 262 g/mol. The predicted molar refractivity (Wildman–Crippen MR) is 71.2 cm³/mol. The number of carbonyl (C=O) groups excluding carboxylic acids is 2. The quantitative estimate of drug-likeness (QED) is 0.799. The number of hydrogen-bond acceptors (Lipinski definition) is 3. The van der Waals surface area contributed by atoms with E-state index in [1.54, 1.807) is 21.7 Å². The monoisotopic (exact) mass is 283 g/mol. The Hall–Kier alpha value is -1.79. The summed E-state index contributed by atoms with van der Waals surface area (Å²) in [6.07, 6.45) is 2.55. The van der Waals surface area contributed by atoms with E-state index < -0.39 is 5.97 Å². The lowest BCUT2D eigenvalue weighted by atomic mass is 10.3. The molecule has 3 amide bonds. The first-order valence-electron chi connectivity index (χ1n) is 7.00. The number of carboxylic acids is 1. The van der Waals surface area contributed by atoms with Gasteiger partial charge in [-0.3, -0.25) is 9.59 Å². The lowest BCUT2D eigenvalue weighted by molar-refractivity contribution is -0.137. The number of amides is 3. The minimum Gasteiger partial charge on any atom is -0.481 e. The molecule has 1 saturated carbocycles. The number of rotatable bonds is 4. The van der Waals surface area contributed by atoms with Gasteiger partial charge in [0, 0.05) is 32.7 Å². The van der Waals surface area contributed by atoms with Crippen LogP contribution in [0, 0.1) is 0 Å². The summed E-state index contributed by atoms with van der Waals surface area (Å²) in [5.74, 6) is -0.972. The summed E-state index contributed by atoms with van der Waals surface area (Å²) in [6, 6.07) is -0.0460. The molecule has 1 N–H and O–H groups in total. The molecule has 0 aromatic heterocycles. The van der Waals surface area contributed by atoms with Crippen LogP contribution in [0.5, 0.6) is 0 Å². The minimum atomic E-state index is -0.907. The van der Waals surface area contributed by atoms with E-state index in [4.69, 9.17) is 5.11 Å². The highest BCUT2D eigenvalue weighted by atomic mass is 16.4. The van der Waals surface area contributed by atoms with Crippen LogP contribution in [0.15, 0.2) is 0 Å². The first kappa shape index (κ1) is 14.6. The van der Waals surface area contributed by atoms with Crippen LogP contribution < -0.4 is 0 Å². The van der Waals surface area contributed by atoms with Gasteiger partial charge in [-0.1, -0.05) is 0 Å². The van der Waals surface area contributed by atoms with E-state index in [2.05, 4.69) is 0 Å². The van der Waals surface area contributed by atoms with Gasteiger partial charge < -0.3 is 19.8 Å². The summed E-state index contributed by atoms with van der Waals surface area (Å²) in [5.41, 5.74) is 0. The van der Waals surface area contributed by atoms with Gasteiger partial charge in [-0.05, 0) is 19.3 Å². The zero-order valence-corrected chi connectivity index (χ0v) is 11.7. The number of urea groups is 1. The van der Waals surface area contributed by atoms with Crippen LogP contribution in [-0.4, -0.2) is 77.0 Å². The SMILES string of the molecule is CN1CCCN(C(=O)N(CCC(=O)O)C2CC2)CC1=O. The first-order valence-corrected chi connectivity index (χ1v) is 7.00. The van der Waals surface area contributed by atoms with Crippen LogP contribution in [-0.2, 0) is 9.59 Å². The Bertz CT molecular complexity index is 408. The maximum Gasteiger partial charge on any atom is 0.320 e. The third-order valence-corrected chi connectivity index (χ3v) is 3.74. The van der Waals surface area contributed by atoms with Crippen LogP contribution in [0.2, 0.25) is 0 Å². The zero-order valence-electron chi connectivity index (χ0n) is 11.7. The molecule has 1 aliphatic carbocycles. The van der Waals surface area contributed by atoms with Crippen molar-refractivity contribution in [3.05, 3.63) is 0 Å². The van der Waals surface area contributed by atoms with Crippen molar-refractivity contribution in [1.29, 1.82) is 0 Å². The maximum absolute atomic E-state index is 12.5. The molecule has 2 rings (SSSR count). The fourth-order valence-corrected chi connectivity index (χ4v) is 2.37. The summed E-state index contributed by atoms with van der Waals surface area (Å²) in [6.45, 7) is 1.51. The molecule has 0 aromatic rings. The number of likely N-dealkylation sites (N-methyl/N-ethyl adjacent to an activating group) is 1. The van der Waals surface area contributed by atoms with Crippen LogP contribution in [0.1, 0.15) is 25.7 Å². The van der Waals surface area contributed by atoms with Crippen molar-refractivity contribution >= 4 is 17.9 Å². The third-order valence-electron chi connectivity index (χ3n) is 3.74. The Morgan fingerprint density at radius 2 is 2.05 bits per heavy atom. The second kappa shape index (κ2) is 6.11. The van der Waals surface area contributed by atoms with Crippen molar-refractivity contribution in [3.8, 4) is 0 Å². The Kier molecular flexibility index (Phi) is 4.46. The average molecular weight is 283 g/mol. The second-order valence-electron chi connectivity index (χ2n) is 5.44. The van der Waals surface area contributed by atoms with Gasteiger partial charge in [-0.2, -0.15) is 0 Å². The molecule has 1 aliphatic heterocycles. The van der Waals surface area contributed by atoms with Gasteiger partial charge >= 0.3 is 12.0 Å². The van der Waals surface area contributed by atoms with Gasteiger partial charge in [0.15, 0.2) is 0 Å². The molecule has 20 heavy (non-hydrogen) atoms. The van der Waals surface area contributed by atoms with E-state index >= 15 is 0 Å².